The van der Waals surface area contributed by atoms with Gasteiger partial charge in [0.1, 0.15) is 0 Å². The topological polar surface area (TPSA) is 97.5 Å². The second-order valence-corrected chi connectivity index (χ2v) is 7.67. The molecule has 0 amide bonds. The molecule has 144 valence electrons. The van der Waals surface area contributed by atoms with E-state index in [4.69, 9.17) is 0 Å². The summed E-state index contributed by atoms with van der Waals surface area (Å²) in [5, 5.41) is 8.57. The van der Waals surface area contributed by atoms with E-state index in [1.165, 1.54) is 0 Å². The van der Waals surface area contributed by atoms with Crippen LogP contribution in [0.5, 0.6) is 0 Å². The maximum atomic E-state index is 4.67. The molecule has 3 aromatic heterocycles. The van der Waals surface area contributed by atoms with Crippen molar-refractivity contribution in [2.75, 3.05) is 5.75 Å². The Labute approximate surface area is 171 Å². The highest BCUT2D eigenvalue weighted by atomic mass is 32.2. The van der Waals surface area contributed by atoms with E-state index in [0.29, 0.717) is 17.4 Å². The van der Waals surface area contributed by atoms with Crippen LogP contribution in [0, 0.1) is 0 Å². The lowest BCUT2D eigenvalue weighted by molar-refractivity contribution is 0.894. The number of H-pyrrole nitrogens is 1. The van der Waals surface area contributed by atoms with Gasteiger partial charge in [-0.1, -0.05) is 13.3 Å². The number of nitrogens with zero attached hydrogens (tertiary/aromatic N) is 7. The zero-order chi connectivity index (χ0) is 19.6. The zero-order valence-electron chi connectivity index (χ0n) is 15.8. The molecule has 0 unspecified atom stereocenters. The van der Waals surface area contributed by atoms with Crippen LogP contribution in [0.25, 0.3) is 34.6 Å². The molecule has 9 heteroatoms. The third-order valence-electron chi connectivity index (χ3n) is 4.39. The first-order valence-corrected chi connectivity index (χ1v) is 10.4. The molecule has 1 N–H and O–H groups in total. The molecule has 8 bridgehead atoms. The Morgan fingerprint density at radius 1 is 0.931 bits per heavy atom. The number of nitrogens with one attached hydrogen (secondary N) is 1. The third kappa shape index (κ3) is 3.81. The molecule has 8 nitrogen and oxygen atoms in total. The van der Waals surface area contributed by atoms with Crippen molar-refractivity contribution in [1.29, 1.82) is 0 Å². The Bertz CT molecular complexity index is 1190. The first-order valence-electron chi connectivity index (χ1n) is 9.44. The standard InChI is InChI=1S/C20H18N8S/c1-2-3-8-29-28-18-11-16-7-6-14(23-16)9-13-4-5-15(22-13)10-17-12-21-19(24-17)25-20(28)27-26-18/h4-7,9-12,22H,2-3,8H2,1H3. The van der Waals surface area contributed by atoms with Crippen LogP contribution >= 0.6 is 11.9 Å². The Morgan fingerprint density at radius 3 is 2.55 bits per heavy atom. The van der Waals surface area contributed by atoms with Crippen molar-refractivity contribution in [3.63, 3.8) is 0 Å². The normalized spacial score (nSPS) is 12.6. The number of hydrogen-bond acceptors (Lipinski definition) is 7. The van der Waals surface area contributed by atoms with Gasteiger partial charge in [0.25, 0.3) is 11.7 Å². The van der Waals surface area contributed by atoms with Crippen molar-refractivity contribution in [3.05, 3.63) is 47.4 Å². The van der Waals surface area contributed by atoms with Gasteiger partial charge in [-0.3, -0.25) is 0 Å². The van der Waals surface area contributed by atoms with Crippen molar-refractivity contribution < 1.29 is 0 Å². The Morgan fingerprint density at radius 2 is 1.72 bits per heavy atom. The molecule has 0 fully saturated rings. The van der Waals surface area contributed by atoms with E-state index in [1.54, 1.807) is 18.2 Å². The SMILES string of the molecule is CCCCSn1c2cc3nc(cc4ccc(cc5nc(nc1nn2)N=C5)[nH]4)C=C3. The van der Waals surface area contributed by atoms with E-state index in [9.17, 15) is 0 Å². The number of fused-ring (bicyclic) bond motifs is 8. The van der Waals surface area contributed by atoms with E-state index in [-0.39, 0.29) is 0 Å². The highest BCUT2D eigenvalue weighted by Crippen LogP contribution is 2.19. The number of unbranched alkanes of at least 4 members (excludes halogenated alkanes) is 1. The fourth-order valence-electron chi connectivity index (χ4n) is 2.97. The highest BCUT2D eigenvalue weighted by Gasteiger charge is 2.09. The second kappa shape index (κ2) is 7.59. The van der Waals surface area contributed by atoms with Gasteiger partial charge in [-0.15, -0.1) is 10.2 Å². The summed E-state index contributed by atoms with van der Waals surface area (Å²) in [6, 6.07) is 9.86. The molecule has 5 heterocycles. The molecular weight excluding hydrogens is 384 g/mol. The van der Waals surface area contributed by atoms with Crippen molar-refractivity contribution in [2.24, 2.45) is 4.99 Å². The molecule has 0 saturated carbocycles. The molecule has 0 aromatic carbocycles. The van der Waals surface area contributed by atoms with Crippen LogP contribution in [0.4, 0.5) is 5.95 Å². The monoisotopic (exact) mass is 402 g/mol. The minimum Gasteiger partial charge on any atom is -0.355 e. The fraction of sp³-hybridized carbons (Fsp3) is 0.200. The summed E-state index contributed by atoms with van der Waals surface area (Å²) in [5.41, 5.74) is 5.04. The largest absolute Gasteiger partial charge is 0.355 e. The lowest BCUT2D eigenvalue weighted by Gasteiger charge is -2.00. The molecule has 0 saturated heterocycles. The summed E-state index contributed by atoms with van der Waals surface area (Å²) < 4.78 is 1.93. The van der Waals surface area contributed by atoms with E-state index < -0.39 is 0 Å². The van der Waals surface area contributed by atoms with Crippen molar-refractivity contribution >= 4 is 58.7 Å². The summed E-state index contributed by atoms with van der Waals surface area (Å²) in [4.78, 5) is 21.3. The molecule has 0 radical (unpaired) electrons. The van der Waals surface area contributed by atoms with E-state index in [2.05, 4.69) is 42.0 Å². The molecule has 29 heavy (non-hydrogen) atoms. The van der Waals surface area contributed by atoms with Crippen LogP contribution < -0.4 is 0 Å². The van der Waals surface area contributed by atoms with Gasteiger partial charge < -0.3 is 4.98 Å². The summed E-state index contributed by atoms with van der Waals surface area (Å²) in [5.74, 6) is 1.79. The van der Waals surface area contributed by atoms with Gasteiger partial charge in [0.05, 0.1) is 23.3 Å². The summed E-state index contributed by atoms with van der Waals surface area (Å²) in [7, 11) is 0. The fourth-order valence-corrected chi connectivity index (χ4v) is 3.99. The van der Waals surface area contributed by atoms with Crippen LogP contribution in [-0.2, 0) is 0 Å². The van der Waals surface area contributed by atoms with Crippen LogP contribution in [0.15, 0.2) is 35.3 Å². The lowest BCUT2D eigenvalue weighted by Crippen LogP contribution is -1.92. The molecular formula is C20H18N8S. The van der Waals surface area contributed by atoms with Gasteiger partial charge in [-0.05, 0) is 54.8 Å². The van der Waals surface area contributed by atoms with E-state index in [1.807, 2.05) is 46.5 Å². The number of hydrogen-bond donors (Lipinski definition) is 1. The second-order valence-electron chi connectivity index (χ2n) is 6.64. The van der Waals surface area contributed by atoms with Gasteiger partial charge in [-0.2, -0.15) is 4.98 Å². The quantitative estimate of drug-likeness (QED) is 0.453. The summed E-state index contributed by atoms with van der Waals surface area (Å²) in [6.07, 6.45) is 7.87. The van der Waals surface area contributed by atoms with Crippen molar-refractivity contribution in [1.82, 2.24) is 34.1 Å². The van der Waals surface area contributed by atoms with E-state index in [0.717, 1.165) is 46.7 Å². The molecule has 3 aromatic rings. The minimum absolute atomic E-state index is 0.367. The predicted octanol–water partition coefficient (Wildman–Crippen LogP) is 4.19. The van der Waals surface area contributed by atoms with Gasteiger partial charge in [0, 0.05) is 22.9 Å². The van der Waals surface area contributed by atoms with Crippen molar-refractivity contribution in [3.8, 4) is 0 Å². The number of aliphatic imine (C=N–C) groups is 1. The molecule has 2 aliphatic rings. The van der Waals surface area contributed by atoms with Gasteiger partial charge >= 0.3 is 0 Å². The summed E-state index contributed by atoms with van der Waals surface area (Å²) >= 11 is 1.63. The first-order chi connectivity index (χ1) is 14.3. The third-order valence-corrected chi connectivity index (χ3v) is 5.47. The number of rotatable bonds is 4. The van der Waals surface area contributed by atoms with Gasteiger partial charge in [0.15, 0.2) is 5.65 Å². The molecule has 0 atom stereocenters. The Balaban J connectivity index is 1.77. The maximum absolute atomic E-state index is 4.67. The highest BCUT2D eigenvalue weighted by molar-refractivity contribution is 7.98. The molecule has 0 aliphatic carbocycles. The van der Waals surface area contributed by atoms with Crippen molar-refractivity contribution in [2.45, 2.75) is 19.8 Å². The Hall–Kier alpha value is -3.33. The van der Waals surface area contributed by atoms with E-state index >= 15 is 0 Å². The first kappa shape index (κ1) is 17.7. The van der Waals surface area contributed by atoms with Crippen LogP contribution in [0.1, 0.15) is 36.8 Å². The zero-order valence-corrected chi connectivity index (χ0v) is 16.6. The molecule has 2 aliphatic heterocycles. The van der Waals surface area contributed by atoms with Gasteiger partial charge in [0.2, 0.25) is 0 Å². The Kier molecular flexibility index (Phi) is 4.65. The average molecular weight is 402 g/mol. The minimum atomic E-state index is 0.367. The molecule has 5 rings (SSSR count). The van der Waals surface area contributed by atoms with Crippen LogP contribution in [0.2, 0.25) is 0 Å². The maximum Gasteiger partial charge on any atom is 0.264 e. The van der Waals surface area contributed by atoms with Gasteiger partial charge in [-0.25, -0.2) is 18.9 Å². The number of aromatic nitrogens is 7. The van der Waals surface area contributed by atoms with Crippen LogP contribution in [0.3, 0.4) is 0 Å². The predicted molar refractivity (Wildman–Crippen MR) is 117 cm³/mol. The van der Waals surface area contributed by atoms with Crippen LogP contribution in [-0.4, -0.2) is 46.1 Å². The summed E-state index contributed by atoms with van der Waals surface area (Å²) in [6.45, 7) is 2.17. The molecule has 0 spiro atoms. The lowest BCUT2D eigenvalue weighted by atomic mass is 10.3. The smallest absolute Gasteiger partial charge is 0.264 e. The number of aromatic amines is 1. The average Bonchev–Trinajstić information content (AvgIpc) is 3.49.